The number of hydrogen-bond donors (Lipinski definition) is 0. The highest BCUT2D eigenvalue weighted by atomic mass is 16.6. The summed E-state index contributed by atoms with van der Waals surface area (Å²) < 4.78 is 5.64. The molecular formula is C24H29N3O2. The number of amides is 1. The molecule has 5 rings (SSSR count). The van der Waals surface area contributed by atoms with Crippen molar-refractivity contribution in [3.63, 3.8) is 0 Å². The Balaban J connectivity index is 1.30. The van der Waals surface area contributed by atoms with Gasteiger partial charge in [0.05, 0.1) is 6.04 Å². The molecule has 2 fully saturated rings. The first kappa shape index (κ1) is 18.5. The van der Waals surface area contributed by atoms with Crippen LogP contribution in [0, 0.1) is 0 Å². The number of piperazine rings is 1. The van der Waals surface area contributed by atoms with Gasteiger partial charge in [-0.3, -0.25) is 0 Å². The summed E-state index contributed by atoms with van der Waals surface area (Å²) in [5, 5.41) is 0. The van der Waals surface area contributed by atoms with Gasteiger partial charge in [0, 0.05) is 38.4 Å². The van der Waals surface area contributed by atoms with Crippen LogP contribution < -0.4 is 4.90 Å². The fourth-order valence-electron chi connectivity index (χ4n) is 5.04. The lowest BCUT2D eigenvalue weighted by Crippen LogP contribution is -2.44. The van der Waals surface area contributed by atoms with E-state index in [1.807, 2.05) is 35.2 Å². The molecule has 0 radical (unpaired) electrons. The highest BCUT2D eigenvalue weighted by Gasteiger charge is 2.41. The SMILES string of the molecule is CN1CCN(c2ccc3c(c2)[C@@H]2CCN(C(=O)OCc4ccccc4)[C@@H]3C2)CC1. The molecule has 29 heavy (non-hydrogen) atoms. The Morgan fingerprint density at radius 2 is 1.79 bits per heavy atom. The van der Waals surface area contributed by atoms with Crippen LogP contribution in [0.2, 0.25) is 0 Å². The number of likely N-dealkylation sites (tertiary alicyclic amines) is 1. The van der Waals surface area contributed by atoms with Crippen molar-refractivity contribution in [1.29, 1.82) is 0 Å². The minimum atomic E-state index is -0.187. The molecule has 0 unspecified atom stereocenters. The Kier molecular flexibility index (Phi) is 4.92. The van der Waals surface area contributed by atoms with Crippen molar-refractivity contribution in [3.8, 4) is 0 Å². The van der Waals surface area contributed by atoms with Gasteiger partial charge >= 0.3 is 6.09 Å². The number of likely N-dealkylation sites (N-methyl/N-ethyl adjacent to an activating group) is 1. The van der Waals surface area contributed by atoms with Crippen LogP contribution in [0.4, 0.5) is 10.5 Å². The lowest BCUT2D eigenvalue weighted by Gasteiger charge is -2.34. The molecule has 1 amide bonds. The van der Waals surface area contributed by atoms with Crippen LogP contribution in [0.25, 0.3) is 0 Å². The summed E-state index contributed by atoms with van der Waals surface area (Å²) in [5.41, 5.74) is 5.13. The van der Waals surface area contributed by atoms with Gasteiger partial charge in [-0.25, -0.2) is 4.79 Å². The lowest BCUT2D eigenvalue weighted by atomic mass is 9.95. The second-order valence-corrected chi connectivity index (χ2v) is 8.57. The average Bonchev–Trinajstić information content (AvgIpc) is 3.05. The molecule has 2 atom stereocenters. The second kappa shape index (κ2) is 7.71. The molecule has 2 aromatic rings. The first-order valence-electron chi connectivity index (χ1n) is 10.7. The van der Waals surface area contributed by atoms with Crippen molar-refractivity contribution in [2.24, 2.45) is 0 Å². The number of ether oxygens (including phenoxy) is 1. The Labute approximate surface area is 172 Å². The highest BCUT2D eigenvalue weighted by Crippen LogP contribution is 2.50. The normalized spacial score (nSPS) is 23.8. The van der Waals surface area contributed by atoms with E-state index in [1.165, 1.54) is 16.8 Å². The van der Waals surface area contributed by atoms with Crippen molar-refractivity contribution < 1.29 is 9.53 Å². The zero-order valence-electron chi connectivity index (χ0n) is 17.1. The highest BCUT2D eigenvalue weighted by molar-refractivity contribution is 5.70. The molecule has 3 aliphatic rings. The number of hydrogen-bond acceptors (Lipinski definition) is 4. The molecule has 2 heterocycles. The summed E-state index contributed by atoms with van der Waals surface area (Å²) in [4.78, 5) is 19.6. The van der Waals surface area contributed by atoms with Crippen molar-refractivity contribution >= 4 is 11.8 Å². The topological polar surface area (TPSA) is 36.0 Å². The second-order valence-electron chi connectivity index (χ2n) is 8.57. The van der Waals surface area contributed by atoms with Gasteiger partial charge in [0.15, 0.2) is 0 Å². The zero-order valence-corrected chi connectivity index (χ0v) is 17.1. The van der Waals surface area contributed by atoms with E-state index in [0.29, 0.717) is 12.5 Å². The van der Waals surface area contributed by atoms with Crippen LogP contribution >= 0.6 is 0 Å². The maximum atomic E-state index is 12.8. The quantitative estimate of drug-likeness (QED) is 0.792. The number of piperidine rings is 1. The van der Waals surface area contributed by atoms with Crippen molar-refractivity contribution in [1.82, 2.24) is 9.80 Å². The Morgan fingerprint density at radius 1 is 1.00 bits per heavy atom. The predicted octanol–water partition coefficient (Wildman–Crippen LogP) is 4.01. The number of carbonyl (C=O) groups excluding carboxylic acids is 1. The van der Waals surface area contributed by atoms with Gasteiger partial charge in [-0.05, 0) is 54.6 Å². The largest absolute Gasteiger partial charge is 0.445 e. The van der Waals surface area contributed by atoms with E-state index in [1.54, 1.807) is 0 Å². The lowest BCUT2D eigenvalue weighted by molar-refractivity contribution is 0.0694. The summed E-state index contributed by atoms with van der Waals surface area (Å²) in [5.74, 6) is 0.570. The molecule has 2 saturated heterocycles. The van der Waals surface area contributed by atoms with Crippen molar-refractivity contribution in [2.75, 3.05) is 44.7 Å². The van der Waals surface area contributed by atoms with E-state index in [4.69, 9.17) is 4.74 Å². The minimum absolute atomic E-state index is 0.161. The first-order valence-corrected chi connectivity index (χ1v) is 10.7. The Morgan fingerprint density at radius 3 is 2.59 bits per heavy atom. The molecule has 2 bridgehead atoms. The van der Waals surface area contributed by atoms with Gasteiger partial charge in [-0.2, -0.15) is 0 Å². The van der Waals surface area contributed by atoms with E-state index in [-0.39, 0.29) is 12.1 Å². The number of rotatable bonds is 3. The first-order chi connectivity index (χ1) is 14.2. The van der Waals surface area contributed by atoms with Gasteiger partial charge in [-0.1, -0.05) is 36.4 Å². The molecule has 152 valence electrons. The molecular weight excluding hydrogens is 362 g/mol. The third kappa shape index (κ3) is 3.60. The smallest absolute Gasteiger partial charge is 0.410 e. The van der Waals surface area contributed by atoms with E-state index < -0.39 is 0 Å². The predicted molar refractivity (Wildman–Crippen MR) is 114 cm³/mol. The molecule has 0 saturated carbocycles. The van der Waals surface area contributed by atoms with Crippen LogP contribution in [0.3, 0.4) is 0 Å². The van der Waals surface area contributed by atoms with Crippen molar-refractivity contribution in [3.05, 3.63) is 65.2 Å². The van der Waals surface area contributed by atoms with Crippen LogP contribution in [-0.4, -0.2) is 55.7 Å². The Hall–Kier alpha value is -2.53. The number of benzene rings is 2. The molecule has 0 spiro atoms. The maximum absolute atomic E-state index is 12.8. The van der Waals surface area contributed by atoms with Crippen molar-refractivity contribution in [2.45, 2.75) is 31.4 Å². The van der Waals surface area contributed by atoms with E-state index in [2.05, 4.69) is 35.0 Å². The maximum Gasteiger partial charge on any atom is 0.410 e. The van der Waals surface area contributed by atoms with Crippen LogP contribution in [0.5, 0.6) is 0 Å². The monoisotopic (exact) mass is 391 g/mol. The fraction of sp³-hybridized carbons (Fsp3) is 0.458. The number of fused-ring (bicyclic) bond motifs is 5. The molecule has 2 aromatic carbocycles. The summed E-state index contributed by atoms with van der Waals surface area (Å²) >= 11 is 0. The minimum Gasteiger partial charge on any atom is -0.445 e. The average molecular weight is 392 g/mol. The van der Waals surface area contributed by atoms with Crippen LogP contribution in [0.15, 0.2) is 48.5 Å². The summed E-state index contributed by atoms with van der Waals surface area (Å²) in [7, 11) is 2.19. The molecule has 2 aliphatic heterocycles. The van der Waals surface area contributed by atoms with Gasteiger partial charge in [-0.15, -0.1) is 0 Å². The molecule has 0 N–H and O–H groups in total. The number of anilines is 1. The standard InChI is InChI=1S/C24H29N3O2/c1-25-11-13-26(14-12-25)20-7-8-21-22(16-20)19-9-10-27(23(21)15-19)24(28)29-17-18-5-3-2-4-6-18/h2-8,16,19,23H,9-15,17H2,1H3/t19-,23-/m1/s1. The third-order valence-electron chi connectivity index (χ3n) is 6.78. The van der Waals surface area contributed by atoms with E-state index in [9.17, 15) is 4.79 Å². The molecule has 1 aliphatic carbocycles. The number of carbonyl (C=O) groups is 1. The number of nitrogens with zero attached hydrogens (tertiary/aromatic N) is 3. The summed E-state index contributed by atoms with van der Waals surface area (Å²) in [6.07, 6.45) is 1.87. The van der Waals surface area contributed by atoms with Gasteiger partial charge < -0.3 is 19.4 Å². The summed E-state index contributed by atoms with van der Waals surface area (Å²) in [6, 6.07) is 17.0. The molecule has 0 aromatic heterocycles. The van der Waals surface area contributed by atoms with E-state index >= 15 is 0 Å². The van der Waals surface area contributed by atoms with Crippen LogP contribution in [-0.2, 0) is 11.3 Å². The van der Waals surface area contributed by atoms with Crippen LogP contribution in [0.1, 0.15) is 41.5 Å². The van der Waals surface area contributed by atoms with Gasteiger partial charge in [0.1, 0.15) is 6.61 Å². The molecule has 5 heteroatoms. The summed E-state index contributed by atoms with van der Waals surface area (Å²) in [6.45, 7) is 5.51. The molecule has 5 nitrogen and oxygen atoms in total. The zero-order chi connectivity index (χ0) is 19.8. The van der Waals surface area contributed by atoms with Gasteiger partial charge in [0.2, 0.25) is 0 Å². The Bertz CT molecular complexity index is 877. The third-order valence-corrected chi connectivity index (χ3v) is 6.78. The van der Waals surface area contributed by atoms with Gasteiger partial charge in [0.25, 0.3) is 0 Å². The fourth-order valence-corrected chi connectivity index (χ4v) is 5.04. The van der Waals surface area contributed by atoms with E-state index in [0.717, 1.165) is 51.1 Å².